The van der Waals surface area contributed by atoms with Crippen LogP contribution in [0.4, 0.5) is 20.3 Å². The van der Waals surface area contributed by atoms with Gasteiger partial charge in [-0.25, -0.2) is 0 Å². The van der Waals surface area contributed by atoms with Crippen molar-refractivity contribution in [3.05, 3.63) is 77.1 Å². The molecule has 0 fully saturated rings. The lowest BCUT2D eigenvalue weighted by atomic mass is 10.1. The molecule has 2 heterocycles. The molecule has 0 bridgehead atoms. The number of nitrogens with one attached hydrogen (secondary N) is 2. The maximum atomic E-state index is 13.5. The molecule has 32 heavy (non-hydrogen) atoms. The zero-order valence-electron chi connectivity index (χ0n) is 17.3. The number of pyridine rings is 1. The van der Waals surface area contributed by atoms with Crippen LogP contribution < -0.4 is 10.5 Å². The third-order valence-corrected chi connectivity index (χ3v) is 5.36. The van der Waals surface area contributed by atoms with Crippen molar-refractivity contribution in [2.24, 2.45) is 0 Å². The minimum Gasteiger partial charge on any atom is -0.329 e. The number of rotatable bonds is 5. The molecule has 0 spiro atoms. The summed E-state index contributed by atoms with van der Waals surface area (Å²) in [5.41, 5.74) is 2.49. The highest BCUT2D eigenvalue weighted by molar-refractivity contribution is 6.31. The van der Waals surface area contributed by atoms with Crippen LogP contribution in [0.1, 0.15) is 12.6 Å². The number of aromatic nitrogens is 3. The van der Waals surface area contributed by atoms with Crippen LogP contribution in [0.15, 0.2) is 60.8 Å². The Morgan fingerprint density at radius 3 is 2.53 bits per heavy atom. The van der Waals surface area contributed by atoms with Gasteiger partial charge in [-0.3, -0.25) is 20.4 Å². The van der Waals surface area contributed by atoms with Crippen molar-refractivity contribution in [3.8, 4) is 11.1 Å². The Morgan fingerprint density at radius 1 is 1.09 bits per heavy atom. The molecule has 0 aliphatic rings. The van der Waals surface area contributed by atoms with Crippen LogP contribution in [-0.2, 0) is 5.92 Å². The van der Waals surface area contributed by atoms with Gasteiger partial charge in [0.05, 0.1) is 11.9 Å². The predicted molar refractivity (Wildman–Crippen MR) is 122 cm³/mol. The molecule has 0 aliphatic carbocycles. The van der Waals surface area contributed by atoms with E-state index in [0.29, 0.717) is 21.9 Å². The number of anilines is 2. The van der Waals surface area contributed by atoms with Crippen molar-refractivity contribution in [2.75, 3.05) is 11.9 Å². The Kier molecular flexibility index (Phi) is 5.48. The standard InChI is InChI=1S/C23H19ClF2N6/c1-23(25,26)20-9-6-15(12-29-20)14-4-3-5-17(10-14)31(2)21-18-8-7-16(24)11-19(18)32(13-27)22(28)30-21/h3-13,27-28H,1-2H3. The minimum atomic E-state index is -3.00. The first kappa shape index (κ1) is 21.6. The van der Waals surface area contributed by atoms with Gasteiger partial charge in [-0.1, -0.05) is 29.8 Å². The molecule has 2 N–H and O–H groups in total. The fraction of sp³-hybridized carbons (Fsp3) is 0.130. The number of hydrogen-bond acceptors (Lipinski definition) is 5. The summed E-state index contributed by atoms with van der Waals surface area (Å²) >= 11 is 6.14. The zero-order valence-corrected chi connectivity index (χ0v) is 18.0. The molecule has 2 aromatic heterocycles. The third-order valence-electron chi connectivity index (χ3n) is 5.13. The maximum Gasteiger partial charge on any atom is 0.286 e. The average Bonchev–Trinajstić information content (AvgIpc) is 2.77. The topological polar surface area (TPSA) is 81.7 Å². The quantitative estimate of drug-likeness (QED) is 0.307. The third kappa shape index (κ3) is 3.97. The van der Waals surface area contributed by atoms with Gasteiger partial charge in [-0.05, 0) is 42.0 Å². The molecule has 6 nitrogen and oxygen atoms in total. The monoisotopic (exact) mass is 452 g/mol. The van der Waals surface area contributed by atoms with E-state index < -0.39 is 5.92 Å². The lowest BCUT2D eigenvalue weighted by Crippen LogP contribution is -2.26. The zero-order chi connectivity index (χ0) is 23.0. The molecule has 0 atom stereocenters. The maximum absolute atomic E-state index is 13.5. The van der Waals surface area contributed by atoms with Gasteiger partial charge < -0.3 is 4.90 Å². The van der Waals surface area contributed by atoms with E-state index in [4.69, 9.17) is 22.4 Å². The number of fused-ring (bicyclic) bond motifs is 1. The Bertz CT molecular complexity index is 1380. The van der Waals surface area contributed by atoms with Gasteiger partial charge in [0.2, 0.25) is 5.62 Å². The number of alkyl halides is 2. The lowest BCUT2D eigenvalue weighted by molar-refractivity contribution is 0.0128. The number of nitrogens with zero attached hydrogens (tertiary/aromatic N) is 4. The summed E-state index contributed by atoms with van der Waals surface area (Å²) in [6.45, 7) is 0.817. The summed E-state index contributed by atoms with van der Waals surface area (Å²) in [6, 6.07) is 15.7. The smallest absolute Gasteiger partial charge is 0.286 e. The minimum absolute atomic E-state index is 0.104. The average molecular weight is 453 g/mol. The summed E-state index contributed by atoms with van der Waals surface area (Å²) < 4.78 is 28.3. The molecular weight excluding hydrogens is 434 g/mol. The van der Waals surface area contributed by atoms with Gasteiger partial charge in [0.15, 0.2) is 0 Å². The van der Waals surface area contributed by atoms with E-state index in [9.17, 15) is 8.78 Å². The summed E-state index contributed by atoms with van der Waals surface area (Å²) in [6.07, 6.45) is 2.45. The van der Waals surface area contributed by atoms with Crippen molar-refractivity contribution in [1.29, 1.82) is 10.8 Å². The van der Waals surface area contributed by atoms with Gasteiger partial charge in [0, 0.05) is 41.8 Å². The highest BCUT2D eigenvalue weighted by Crippen LogP contribution is 2.32. The number of hydrogen-bond donors (Lipinski definition) is 2. The van der Waals surface area contributed by atoms with E-state index >= 15 is 0 Å². The number of halogens is 3. The highest BCUT2D eigenvalue weighted by atomic mass is 35.5. The first-order chi connectivity index (χ1) is 15.2. The van der Waals surface area contributed by atoms with Gasteiger partial charge in [0.25, 0.3) is 5.92 Å². The van der Waals surface area contributed by atoms with E-state index in [0.717, 1.165) is 29.9 Å². The molecule has 0 unspecified atom stereocenters. The molecule has 0 saturated carbocycles. The van der Waals surface area contributed by atoms with E-state index in [1.807, 2.05) is 36.2 Å². The van der Waals surface area contributed by atoms with E-state index in [1.165, 1.54) is 16.8 Å². The molecule has 0 amide bonds. The first-order valence-corrected chi connectivity index (χ1v) is 10.0. The molecule has 0 saturated heterocycles. The van der Waals surface area contributed by atoms with Gasteiger partial charge in [-0.15, -0.1) is 0 Å². The van der Waals surface area contributed by atoms with Crippen LogP contribution in [0, 0.1) is 10.8 Å². The Morgan fingerprint density at radius 2 is 1.88 bits per heavy atom. The molecule has 9 heteroatoms. The first-order valence-electron chi connectivity index (χ1n) is 9.64. The highest BCUT2D eigenvalue weighted by Gasteiger charge is 2.25. The molecule has 4 aromatic rings. The largest absolute Gasteiger partial charge is 0.329 e. The summed E-state index contributed by atoms with van der Waals surface area (Å²) in [4.78, 5) is 10.1. The van der Waals surface area contributed by atoms with Crippen LogP contribution >= 0.6 is 11.6 Å². The van der Waals surface area contributed by atoms with Gasteiger partial charge >= 0.3 is 0 Å². The van der Waals surface area contributed by atoms with Crippen LogP contribution in [-0.4, -0.2) is 27.9 Å². The molecule has 0 radical (unpaired) electrons. The second-order valence-corrected chi connectivity index (χ2v) is 7.79. The lowest BCUT2D eigenvalue weighted by Gasteiger charge is -2.22. The fourth-order valence-corrected chi connectivity index (χ4v) is 3.62. The van der Waals surface area contributed by atoms with Crippen molar-refractivity contribution in [3.63, 3.8) is 0 Å². The van der Waals surface area contributed by atoms with Crippen molar-refractivity contribution < 1.29 is 8.78 Å². The van der Waals surface area contributed by atoms with Crippen LogP contribution in [0.3, 0.4) is 0 Å². The fourth-order valence-electron chi connectivity index (χ4n) is 3.45. The molecule has 162 valence electrons. The summed E-state index contributed by atoms with van der Waals surface area (Å²) in [5, 5.41) is 17.1. The van der Waals surface area contributed by atoms with Gasteiger partial charge in [-0.2, -0.15) is 13.8 Å². The molecule has 4 rings (SSSR count). The van der Waals surface area contributed by atoms with Crippen molar-refractivity contribution in [1.82, 2.24) is 14.5 Å². The second kappa shape index (κ2) is 8.12. The normalized spacial score (nSPS) is 11.5. The Balaban J connectivity index is 1.78. The summed E-state index contributed by atoms with van der Waals surface area (Å²) in [5.74, 6) is -2.47. The van der Waals surface area contributed by atoms with Gasteiger partial charge in [0.1, 0.15) is 11.5 Å². The van der Waals surface area contributed by atoms with E-state index in [-0.39, 0.29) is 11.3 Å². The summed E-state index contributed by atoms with van der Waals surface area (Å²) in [7, 11) is 1.82. The second-order valence-electron chi connectivity index (χ2n) is 7.35. The van der Waals surface area contributed by atoms with Crippen LogP contribution in [0.5, 0.6) is 0 Å². The van der Waals surface area contributed by atoms with Crippen molar-refractivity contribution in [2.45, 2.75) is 12.8 Å². The molecule has 0 aliphatic heterocycles. The Labute approximate surface area is 187 Å². The Hall–Kier alpha value is -3.65. The van der Waals surface area contributed by atoms with E-state index in [1.54, 1.807) is 24.3 Å². The van der Waals surface area contributed by atoms with Crippen LogP contribution in [0.25, 0.3) is 22.0 Å². The molecular formula is C23H19ClF2N6. The van der Waals surface area contributed by atoms with Crippen molar-refractivity contribution >= 4 is 40.3 Å². The number of benzene rings is 2. The SMILES string of the molecule is CN(c1cccc(-c2ccc(C(C)(F)F)nc2)c1)c1nc(=N)n(C=N)c2cc(Cl)ccc12. The van der Waals surface area contributed by atoms with Crippen LogP contribution in [0.2, 0.25) is 5.02 Å². The van der Waals surface area contributed by atoms with E-state index in [2.05, 4.69) is 9.97 Å². The predicted octanol–water partition coefficient (Wildman–Crippen LogP) is 5.57. The molecule has 2 aromatic carbocycles.